The Labute approximate surface area is 346 Å². The van der Waals surface area contributed by atoms with Gasteiger partial charge in [-0.25, -0.2) is 0 Å². The fourth-order valence-electron chi connectivity index (χ4n) is 7.18. The lowest BCUT2D eigenvalue weighted by Gasteiger charge is -2.34. The van der Waals surface area contributed by atoms with Crippen molar-refractivity contribution in [3.05, 3.63) is 12.2 Å². The number of aliphatic carboxylic acids is 1. The van der Waals surface area contributed by atoms with Crippen molar-refractivity contribution in [1.82, 2.24) is 0 Å². The maximum absolute atomic E-state index is 12.7. The summed E-state index contributed by atoms with van der Waals surface area (Å²) in [6.07, 6.45) is 42.3. The van der Waals surface area contributed by atoms with E-state index in [1.54, 1.807) is 21.1 Å². The van der Waals surface area contributed by atoms with Gasteiger partial charge in [0.15, 0.2) is 6.10 Å². The Kier molecular flexibility index (Phi) is 38.5. The number of quaternary nitrogens is 1. The molecule has 0 radical (unpaired) electrons. The van der Waals surface area contributed by atoms with Gasteiger partial charge in [0.05, 0.1) is 40.3 Å². The van der Waals surface area contributed by atoms with Gasteiger partial charge < -0.3 is 28.6 Å². The minimum Gasteiger partial charge on any atom is -0.544 e. The van der Waals surface area contributed by atoms with E-state index in [4.69, 9.17) is 14.2 Å². The summed E-state index contributed by atoms with van der Waals surface area (Å²) in [4.78, 5) is 36.9. The quantitative estimate of drug-likeness (QED) is 0.0262. The summed E-state index contributed by atoms with van der Waals surface area (Å²) in [6.45, 7) is 4.68. The molecule has 0 aromatic rings. The van der Waals surface area contributed by atoms with Crippen molar-refractivity contribution in [2.45, 2.75) is 238 Å². The van der Waals surface area contributed by atoms with E-state index in [2.05, 4.69) is 26.0 Å². The molecular formula is C48H91NO7. The molecule has 0 aliphatic carbocycles. The first kappa shape index (κ1) is 54.1. The molecule has 0 amide bonds. The molecule has 0 aliphatic rings. The third-order valence-corrected chi connectivity index (χ3v) is 10.9. The number of carbonyl (C=O) groups excluding carboxylic acids is 3. The van der Waals surface area contributed by atoms with Gasteiger partial charge in [0.25, 0.3) is 0 Å². The average Bonchev–Trinajstić information content (AvgIpc) is 3.15. The number of carbonyl (C=O) groups is 3. The fourth-order valence-corrected chi connectivity index (χ4v) is 7.18. The van der Waals surface area contributed by atoms with E-state index in [0.717, 1.165) is 51.4 Å². The first-order valence-corrected chi connectivity index (χ1v) is 23.7. The van der Waals surface area contributed by atoms with Crippen molar-refractivity contribution < 1.29 is 38.2 Å². The number of carboxylic acids is 1. The number of carboxylic acid groups (broad SMARTS) is 1. The number of nitrogens with zero attached hydrogens (tertiary/aromatic N) is 1. The van der Waals surface area contributed by atoms with Gasteiger partial charge in [0.1, 0.15) is 12.6 Å². The van der Waals surface area contributed by atoms with E-state index >= 15 is 0 Å². The molecule has 0 saturated heterocycles. The molecule has 8 nitrogen and oxygen atoms in total. The molecular weight excluding hydrogens is 703 g/mol. The minimum absolute atomic E-state index is 0.0431. The first-order valence-electron chi connectivity index (χ1n) is 23.7. The van der Waals surface area contributed by atoms with Gasteiger partial charge in [-0.1, -0.05) is 180 Å². The number of likely N-dealkylation sites (N-methyl/N-ethyl adjacent to an activating group) is 1. The number of allylic oxidation sites excluding steroid dienone is 2. The van der Waals surface area contributed by atoms with Crippen LogP contribution in [0.2, 0.25) is 0 Å². The highest BCUT2D eigenvalue weighted by Gasteiger charge is 2.25. The second-order valence-corrected chi connectivity index (χ2v) is 17.4. The van der Waals surface area contributed by atoms with Gasteiger partial charge in [-0.15, -0.1) is 0 Å². The molecule has 0 aromatic heterocycles. The van der Waals surface area contributed by atoms with Crippen LogP contribution in [-0.2, 0) is 28.6 Å². The van der Waals surface area contributed by atoms with Crippen LogP contribution < -0.4 is 5.11 Å². The largest absolute Gasteiger partial charge is 0.544 e. The van der Waals surface area contributed by atoms with Gasteiger partial charge in [-0.3, -0.25) is 9.59 Å². The first-order chi connectivity index (χ1) is 27.1. The van der Waals surface area contributed by atoms with Crippen molar-refractivity contribution in [3.63, 3.8) is 0 Å². The molecule has 0 fully saturated rings. The van der Waals surface area contributed by atoms with Crippen molar-refractivity contribution in [2.75, 3.05) is 41.0 Å². The highest BCUT2D eigenvalue weighted by molar-refractivity contribution is 5.70. The van der Waals surface area contributed by atoms with E-state index in [1.807, 2.05) is 0 Å². The lowest BCUT2D eigenvalue weighted by Crippen LogP contribution is -2.55. The van der Waals surface area contributed by atoms with Crippen molar-refractivity contribution in [3.8, 4) is 0 Å². The smallest absolute Gasteiger partial charge is 0.306 e. The van der Waals surface area contributed by atoms with Crippen LogP contribution in [0, 0.1) is 0 Å². The average molecular weight is 794 g/mol. The Balaban J connectivity index is 4.28. The van der Waals surface area contributed by atoms with Crippen LogP contribution in [0.25, 0.3) is 0 Å². The third-order valence-electron chi connectivity index (χ3n) is 10.9. The molecule has 330 valence electrons. The standard InChI is InChI=1S/C48H91NO7/c1-6-8-10-12-14-16-18-20-22-23-24-25-27-29-31-33-35-37-39-47(51)56-44(42-54-41-40-45(48(52)53)49(3,4)5)43-55-46(50)38-36-34-32-30-28-26-21-19-17-15-13-11-9-7-2/h24-25,44-45H,6-23,26-43H2,1-5H3/b25-24+. The van der Waals surface area contributed by atoms with Crippen LogP contribution in [-0.4, -0.2) is 75.5 Å². The predicted octanol–water partition coefficient (Wildman–Crippen LogP) is 11.8. The lowest BCUT2D eigenvalue weighted by atomic mass is 10.0. The zero-order chi connectivity index (χ0) is 41.4. The second-order valence-electron chi connectivity index (χ2n) is 17.4. The Morgan fingerprint density at radius 1 is 0.518 bits per heavy atom. The monoisotopic (exact) mass is 794 g/mol. The molecule has 56 heavy (non-hydrogen) atoms. The van der Waals surface area contributed by atoms with Crippen molar-refractivity contribution in [2.24, 2.45) is 0 Å². The van der Waals surface area contributed by atoms with Crippen LogP contribution >= 0.6 is 0 Å². The molecule has 0 saturated carbocycles. The van der Waals surface area contributed by atoms with Crippen molar-refractivity contribution >= 4 is 17.9 Å². The highest BCUT2D eigenvalue weighted by Crippen LogP contribution is 2.15. The molecule has 0 heterocycles. The number of esters is 2. The summed E-state index contributed by atoms with van der Waals surface area (Å²) in [5.74, 6) is -1.73. The van der Waals surface area contributed by atoms with Gasteiger partial charge in [-0.05, 0) is 38.5 Å². The molecule has 0 bridgehead atoms. The van der Waals surface area contributed by atoms with E-state index in [9.17, 15) is 19.5 Å². The van der Waals surface area contributed by atoms with Gasteiger partial charge in [-0.2, -0.15) is 0 Å². The zero-order valence-corrected chi connectivity index (χ0v) is 37.6. The maximum Gasteiger partial charge on any atom is 0.306 e. The summed E-state index contributed by atoms with van der Waals surface area (Å²) in [6, 6.07) is -0.723. The summed E-state index contributed by atoms with van der Waals surface area (Å²) >= 11 is 0. The molecule has 2 unspecified atom stereocenters. The number of ether oxygens (including phenoxy) is 3. The zero-order valence-electron chi connectivity index (χ0n) is 37.6. The topological polar surface area (TPSA) is 102 Å². The van der Waals surface area contributed by atoms with Gasteiger partial charge >= 0.3 is 11.9 Å². The maximum atomic E-state index is 12.7. The summed E-state index contributed by atoms with van der Waals surface area (Å²) < 4.78 is 17.2. The van der Waals surface area contributed by atoms with Crippen LogP contribution in [0.15, 0.2) is 12.2 Å². The molecule has 0 N–H and O–H groups in total. The fraction of sp³-hybridized carbons (Fsp3) is 0.896. The van der Waals surface area contributed by atoms with E-state index in [-0.39, 0.29) is 42.7 Å². The van der Waals surface area contributed by atoms with Crippen LogP contribution in [0.4, 0.5) is 0 Å². The molecule has 0 rings (SSSR count). The normalized spacial score (nSPS) is 12.9. The molecule has 0 aromatic carbocycles. The lowest BCUT2D eigenvalue weighted by molar-refractivity contribution is -0.889. The molecule has 0 aliphatic heterocycles. The molecule has 2 atom stereocenters. The van der Waals surface area contributed by atoms with E-state index in [1.165, 1.54) is 141 Å². The number of hydrogen-bond acceptors (Lipinski definition) is 7. The summed E-state index contributed by atoms with van der Waals surface area (Å²) in [7, 11) is 5.42. The molecule has 8 heteroatoms. The third kappa shape index (κ3) is 37.6. The van der Waals surface area contributed by atoms with Gasteiger partial charge in [0, 0.05) is 19.3 Å². The van der Waals surface area contributed by atoms with Crippen molar-refractivity contribution in [1.29, 1.82) is 0 Å². The Morgan fingerprint density at radius 3 is 1.29 bits per heavy atom. The second kappa shape index (κ2) is 39.9. The SMILES string of the molecule is CCCCCCCCCCC/C=C/CCCCCCCC(=O)OC(COCCC(C(=O)[O-])[N+](C)(C)C)COC(=O)CCCCCCCCCCCCCCCC. The Morgan fingerprint density at radius 2 is 0.893 bits per heavy atom. The number of hydrogen-bond donors (Lipinski definition) is 0. The Hall–Kier alpha value is -1.93. The summed E-state index contributed by atoms with van der Waals surface area (Å²) in [5, 5.41) is 11.6. The molecule has 0 spiro atoms. The predicted molar refractivity (Wildman–Crippen MR) is 231 cm³/mol. The highest BCUT2D eigenvalue weighted by atomic mass is 16.6. The van der Waals surface area contributed by atoms with Gasteiger partial charge in [0.2, 0.25) is 0 Å². The van der Waals surface area contributed by atoms with Crippen LogP contribution in [0.1, 0.15) is 226 Å². The number of rotatable bonds is 43. The van der Waals surface area contributed by atoms with E-state index in [0.29, 0.717) is 12.8 Å². The number of unbranched alkanes of at least 4 members (excludes halogenated alkanes) is 27. The van der Waals surface area contributed by atoms with E-state index < -0.39 is 18.1 Å². The van der Waals surface area contributed by atoms with Crippen LogP contribution in [0.5, 0.6) is 0 Å². The Bertz CT molecular complexity index is 931. The minimum atomic E-state index is -1.12. The summed E-state index contributed by atoms with van der Waals surface area (Å²) in [5.41, 5.74) is 0. The van der Waals surface area contributed by atoms with Crippen LogP contribution in [0.3, 0.4) is 0 Å².